The van der Waals surface area contributed by atoms with Gasteiger partial charge in [0.25, 0.3) is 5.91 Å². The highest BCUT2D eigenvalue weighted by atomic mass is 32.2. The predicted molar refractivity (Wildman–Crippen MR) is 170 cm³/mol. The van der Waals surface area contributed by atoms with E-state index >= 15 is 0 Å². The summed E-state index contributed by atoms with van der Waals surface area (Å²) in [5, 5.41) is 14.7. The van der Waals surface area contributed by atoms with Crippen molar-refractivity contribution in [3.8, 4) is 5.75 Å². The molecule has 12 nitrogen and oxygen atoms in total. The summed E-state index contributed by atoms with van der Waals surface area (Å²) in [7, 11) is 3.83. The summed E-state index contributed by atoms with van der Waals surface area (Å²) in [6.07, 6.45) is 7.09. The normalized spacial score (nSPS) is 15.5. The zero-order valence-corrected chi connectivity index (χ0v) is 26.1. The largest absolute Gasteiger partial charge is 0.496 e. The Labute approximate surface area is 252 Å². The van der Waals surface area contributed by atoms with Crippen LogP contribution in [0.1, 0.15) is 34.3 Å². The number of methoxy groups -OCH3 is 1. The van der Waals surface area contributed by atoms with Gasteiger partial charge in [-0.3, -0.25) is 9.69 Å². The molecule has 13 heteroatoms. The first kappa shape index (κ1) is 32.1. The molecular formula is C30H42N8O4S. The van der Waals surface area contributed by atoms with E-state index in [0.717, 1.165) is 55.4 Å². The average Bonchev–Trinajstić information content (AvgIpc) is 3.74. The third-order valence-corrected chi connectivity index (χ3v) is 8.91. The van der Waals surface area contributed by atoms with Crippen LogP contribution in [-0.2, 0) is 22.2 Å². The van der Waals surface area contributed by atoms with E-state index in [4.69, 9.17) is 4.74 Å². The van der Waals surface area contributed by atoms with Gasteiger partial charge in [0.1, 0.15) is 16.8 Å². The number of rotatable bonds is 12. The van der Waals surface area contributed by atoms with Gasteiger partial charge in [-0.1, -0.05) is 12.1 Å². The summed E-state index contributed by atoms with van der Waals surface area (Å²) < 4.78 is 30.9. The molecule has 43 heavy (non-hydrogen) atoms. The third-order valence-electron chi connectivity index (χ3n) is 7.57. The maximum absolute atomic E-state index is 12.5. The van der Waals surface area contributed by atoms with Crippen molar-refractivity contribution in [3.63, 3.8) is 0 Å². The lowest BCUT2D eigenvalue weighted by molar-refractivity contribution is 0.0939. The van der Waals surface area contributed by atoms with Crippen molar-refractivity contribution < 1.29 is 17.9 Å². The molecule has 0 bridgehead atoms. The second kappa shape index (κ2) is 14.6. The van der Waals surface area contributed by atoms with Crippen LogP contribution in [0.15, 0.2) is 49.2 Å². The van der Waals surface area contributed by atoms with E-state index in [0.29, 0.717) is 34.9 Å². The van der Waals surface area contributed by atoms with E-state index < -0.39 is 10.0 Å². The molecule has 4 N–H and O–H groups in total. The molecule has 232 valence electrons. The van der Waals surface area contributed by atoms with Crippen molar-refractivity contribution in [2.75, 3.05) is 54.4 Å². The number of nitrogens with one attached hydrogen (secondary N) is 4. The molecule has 1 aliphatic rings. The van der Waals surface area contributed by atoms with Crippen LogP contribution in [0, 0.1) is 0 Å². The number of aromatic nitrogens is 4. The number of likely N-dealkylation sites (N-methyl/N-ethyl adjacent to an activating group) is 1. The van der Waals surface area contributed by atoms with E-state index in [1.165, 1.54) is 12.6 Å². The fourth-order valence-corrected chi connectivity index (χ4v) is 5.97. The summed E-state index contributed by atoms with van der Waals surface area (Å²) in [5.41, 5.74) is 4.86. The molecule has 1 fully saturated rings. The van der Waals surface area contributed by atoms with Crippen LogP contribution in [-0.4, -0.2) is 105 Å². The van der Waals surface area contributed by atoms with E-state index in [-0.39, 0.29) is 11.7 Å². The van der Waals surface area contributed by atoms with Crippen LogP contribution >= 0.6 is 0 Å². The number of ether oxygens (including phenoxy) is 1. The zero-order valence-electron chi connectivity index (χ0n) is 25.3. The van der Waals surface area contributed by atoms with Crippen molar-refractivity contribution >= 4 is 37.9 Å². The maximum Gasteiger partial charge on any atom is 0.255 e. The monoisotopic (exact) mass is 610 g/mol. The zero-order chi connectivity index (χ0) is 31.0. The van der Waals surface area contributed by atoms with Gasteiger partial charge in [0.05, 0.1) is 18.4 Å². The Morgan fingerprint density at radius 1 is 1.23 bits per heavy atom. The lowest BCUT2D eigenvalue weighted by atomic mass is 10.1. The lowest BCUT2D eigenvalue weighted by Crippen LogP contribution is -2.40. The molecule has 4 aromatic rings. The Morgan fingerprint density at radius 3 is 2.70 bits per heavy atom. The minimum absolute atomic E-state index is 0.0116. The average molecular weight is 611 g/mol. The first-order valence-corrected chi connectivity index (χ1v) is 16.0. The fraction of sp³-hybridized carbons (Fsp3) is 0.433. The molecule has 1 unspecified atom stereocenters. The third kappa shape index (κ3) is 8.41. The van der Waals surface area contributed by atoms with Gasteiger partial charge in [0.2, 0.25) is 10.0 Å². The number of amides is 1. The number of nitrogens with zero attached hydrogens (tertiary/aromatic N) is 4. The molecule has 0 radical (unpaired) electrons. The number of fused-ring (bicyclic) bond motifs is 2. The molecule has 5 rings (SSSR count). The van der Waals surface area contributed by atoms with Crippen molar-refractivity contribution in [2.45, 2.75) is 31.1 Å². The molecule has 1 aliphatic heterocycles. The van der Waals surface area contributed by atoms with Crippen LogP contribution in [0.25, 0.3) is 21.9 Å². The number of likely N-dealkylation sites (tertiary alicyclic amines) is 1. The van der Waals surface area contributed by atoms with Crippen molar-refractivity contribution in [1.82, 2.24) is 40.2 Å². The Hall–Kier alpha value is -3.78. The number of aromatic amines is 2. The van der Waals surface area contributed by atoms with E-state index in [2.05, 4.69) is 46.8 Å². The second-order valence-corrected chi connectivity index (χ2v) is 12.8. The van der Waals surface area contributed by atoms with E-state index in [9.17, 15) is 13.2 Å². The Balaban J connectivity index is 0.000000199. The smallest absolute Gasteiger partial charge is 0.255 e. The number of carbonyl (C=O) groups excluding carboxylic acids is 1. The summed E-state index contributed by atoms with van der Waals surface area (Å²) >= 11 is 0. The van der Waals surface area contributed by atoms with E-state index in [1.807, 2.05) is 44.6 Å². The van der Waals surface area contributed by atoms with Gasteiger partial charge in [-0.25, -0.2) is 13.1 Å². The molecule has 3 heterocycles. The van der Waals surface area contributed by atoms with E-state index in [1.54, 1.807) is 19.2 Å². The van der Waals surface area contributed by atoms with Crippen LogP contribution in [0.4, 0.5) is 0 Å². The lowest BCUT2D eigenvalue weighted by Gasteiger charge is -2.23. The first-order chi connectivity index (χ1) is 20.6. The number of hydrogen-bond acceptors (Lipinski definition) is 8. The van der Waals surface area contributed by atoms with Gasteiger partial charge >= 0.3 is 0 Å². The number of H-pyrrole nitrogens is 2. The summed E-state index contributed by atoms with van der Waals surface area (Å²) in [6.45, 7) is 7.28. The molecule has 2 aromatic heterocycles. The van der Waals surface area contributed by atoms with Gasteiger partial charge < -0.3 is 19.9 Å². The first-order valence-electron chi connectivity index (χ1n) is 14.3. The Bertz CT molecular complexity index is 1650. The second-order valence-electron chi connectivity index (χ2n) is 10.9. The summed E-state index contributed by atoms with van der Waals surface area (Å²) in [4.78, 5) is 20.2. The van der Waals surface area contributed by atoms with Crippen LogP contribution in [0.5, 0.6) is 5.75 Å². The van der Waals surface area contributed by atoms with Gasteiger partial charge in [-0.15, -0.1) is 6.58 Å². The van der Waals surface area contributed by atoms with Crippen LogP contribution < -0.4 is 14.8 Å². The van der Waals surface area contributed by atoms with Gasteiger partial charge in [0.15, 0.2) is 0 Å². The molecule has 1 atom stereocenters. The highest BCUT2D eigenvalue weighted by Gasteiger charge is 2.24. The number of sulfonamides is 1. The molecule has 0 saturated carbocycles. The summed E-state index contributed by atoms with van der Waals surface area (Å²) in [6, 6.07) is 9.53. The number of benzene rings is 2. The molecule has 1 saturated heterocycles. The minimum atomic E-state index is -3.23. The Kier molecular flexibility index (Phi) is 10.9. The summed E-state index contributed by atoms with van der Waals surface area (Å²) in [5.74, 6) is 0.355. The standard InChI is InChI=1S/C16H21N5O2.C14H21N3O2S/c1-3-6-21-7-4-5-11(21)10-17-16(22)12-8-13-14(19-20-18-13)9-15(12)23-2;1-15-20(18,19)10-11-4-5-14-13(8-11)12(9-16-14)6-7-17(2)3/h3,8-9,11H,1,4-7,10H2,2H3,(H,17,22)(H,18,19,20);4-5,8-9,15-16H,6-7,10H2,1-3H3. The van der Waals surface area contributed by atoms with Gasteiger partial charge in [-0.05, 0) is 76.3 Å². The maximum atomic E-state index is 12.5. The molecule has 1 amide bonds. The van der Waals surface area contributed by atoms with Crippen molar-refractivity contribution in [3.05, 3.63) is 65.9 Å². The molecule has 0 spiro atoms. The quantitative estimate of drug-likeness (QED) is 0.179. The van der Waals surface area contributed by atoms with Crippen LogP contribution in [0.3, 0.4) is 0 Å². The van der Waals surface area contributed by atoms with Crippen LogP contribution in [0.2, 0.25) is 0 Å². The topological polar surface area (TPSA) is 148 Å². The van der Waals surface area contributed by atoms with Crippen molar-refractivity contribution in [1.29, 1.82) is 0 Å². The highest BCUT2D eigenvalue weighted by Crippen LogP contribution is 2.24. The fourth-order valence-electron chi connectivity index (χ4n) is 5.21. The molecular weight excluding hydrogens is 568 g/mol. The SMILES string of the molecule is C=CCN1CCCC1CNC(=O)c1cc2n[nH]nc2cc1OC.CNS(=O)(=O)Cc1ccc2[nH]cc(CCN(C)C)c2c1. The van der Waals surface area contributed by atoms with Gasteiger partial charge in [-0.2, -0.15) is 15.4 Å². The van der Waals surface area contributed by atoms with Gasteiger partial charge in [0, 0.05) is 48.8 Å². The Morgan fingerprint density at radius 2 is 2.00 bits per heavy atom. The molecule has 2 aromatic carbocycles. The molecule has 0 aliphatic carbocycles. The number of hydrogen-bond donors (Lipinski definition) is 4. The number of carbonyl (C=O) groups is 1. The highest BCUT2D eigenvalue weighted by molar-refractivity contribution is 7.88. The van der Waals surface area contributed by atoms with Crippen molar-refractivity contribution in [2.24, 2.45) is 0 Å². The predicted octanol–water partition coefficient (Wildman–Crippen LogP) is 2.67. The minimum Gasteiger partial charge on any atom is -0.496 e.